The second-order valence-electron chi connectivity index (χ2n) is 10.7. The molecule has 11 nitrogen and oxygen atoms in total. The number of nitrogens with zero attached hydrogens (tertiary/aromatic N) is 1. The number of hydrazone groups is 1. The third kappa shape index (κ3) is 8.19. The van der Waals surface area contributed by atoms with Gasteiger partial charge >= 0.3 is 12.0 Å². The minimum Gasteiger partial charge on any atom is -0.490 e. The van der Waals surface area contributed by atoms with Crippen molar-refractivity contribution in [3.63, 3.8) is 0 Å². The quantitative estimate of drug-likeness (QED) is 0.0539. The maximum Gasteiger partial charge on any atom is 0.337 e. The number of benzene rings is 4. The van der Waals surface area contributed by atoms with Crippen LogP contribution in [0.15, 0.2) is 93.6 Å². The van der Waals surface area contributed by atoms with Crippen molar-refractivity contribution in [2.75, 3.05) is 20.3 Å². The van der Waals surface area contributed by atoms with Crippen molar-refractivity contribution < 1.29 is 33.6 Å². The average molecular weight is 738 g/mol. The Bertz CT molecular complexity index is 1850. The molecule has 0 unspecified atom stereocenters. The van der Waals surface area contributed by atoms with Crippen molar-refractivity contribution >= 4 is 56.5 Å². The van der Waals surface area contributed by atoms with Crippen LogP contribution in [0, 0.1) is 0 Å². The summed E-state index contributed by atoms with van der Waals surface area (Å²) in [6.07, 6.45) is 0.342. The molecule has 13 heteroatoms. The lowest BCUT2D eigenvalue weighted by atomic mass is 9.95. The van der Waals surface area contributed by atoms with E-state index in [1.54, 1.807) is 37.3 Å². The Balaban J connectivity index is 1.19. The van der Waals surface area contributed by atoms with Crippen LogP contribution in [0.3, 0.4) is 0 Å². The molecule has 0 saturated carbocycles. The van der Waals surface area contributed by atoms with Gasteiger partial charge < -0.3 is 34.7 Å². The molecule has 4 N–H and O–H groups in total. The van der Waals surface area contributed by atoms with Crippen molar-refractivity contribution in [3.8, 4) is 17.2 Å². The Hall–Kier alpha value is -4.78. The van der Waals surface area contributed by atoms with E-state index in [4.69, 9.17) is 30.5 Å². The van der Waals surface area contributed by atoms with Crippen molar-refractivity contribution in [2.45, 2.75) is 32.7 Å². The number of aliphatic hydroxyl groups is 1. The van der Waals surface area contributed by atoms with E-state index < -0.39 is 24.3 Å². The first-order valence-corrected chi connectivity index (χ1v) is 16.2. The lowest BCUT2D eigenvalue weighted by molar-refractivity contribution is -0.136. The third-order valence-electron chi connectivity index (χ3n) is 7.38. The van der Waals surface area contributed by atoms with Crippen LogP contribution in [0.4, 0.5) is 4.79 Å². The number of carbonyl (C=O) groups is 2. The highest BCUT2D eigenvalue weighted by Crippen LogP contribution is 2.36. The molecule has 0 radical (unpaired) electrons. The highest BCUT2D eigenvalue weighted by atomic mass is 79.9. The van der Waals surface area contributed by atoms with Gasteiger partial charge in [0.05, 0.1) is 41.0 Å². The Labute approximate surface area is 291 Å². The van der Waals surface area contributed by atoms with Gasteiger partial charge in [0.15, 0.2) is 23.5 Å². The maximum atomic E-state index is 12.5. The monoisotopic (exact) mass is 736 g/mol. The van der Waals surface area contributed by atoms with Crippen LogP contribution in [0.1, 0.15) is 36.6 Å². The van der Waals surface area contributed by atoms with Crippen LogP contribution in [-0.2, 0) is 16.1 Å². The number of carbonyl (C=O) groups excluding carboxylic acids is 2. The van der Waals surface area contributed by atoms with Crippen LogP contribution < -0.4 is 30.3 Å². The number of hydrogen-bond donors (Lipinski definition) is 4. The molecule has 2 amide bonds. The molecule has 4 aromatic rings. The van der Waals surface area contributed by atoms with Gasteiger partial charge in [0.25, 0.3) is 0 Å². The SMILES string of the molecule is CCOc1cc([C@@H]2NC(=O)NC(C)=C2C(=O)OC)ccc1OC[C@H](O)N/N=C\c1cc(Cl)c(OCc2cccc3ccccc23)c(Br)c1. The number of rotatable bonds is 13. The largest absolute Gasteiger partial charge is 0.490 e. The smallest absolute Gasteiger partial charge is 0.337 e. The summed E-state index contributed by atoms with van der Waals surface area (Å²) < 4.78 is 23.2. The molecule has 0 spiro atoms. The van der Waals surface area contributed by atoms with E-state index in [0.717, 1.165) is 16.3 Å². The summed E-state index contributed by atoms with van der Waals surface area (Å²) in [6, 6.07) is 21.5. The van der Waals surface area contributed by atoms with Gasteiger partial charge in [-0.3, -0.25) is 5.43 Å². The highest BCUT2D eigenvalue weighted by molar-refractivity contribution is 9.10. The number of urea groups is 1. The van der Waals surface area contributed by atoms with E-state index in [-0.39, 0.29) is 12.2 Å². The minimum atomic E-state index is -1.17. The van der Waals surface area contributed by atoms with E-state index in [1.165, 1.54) is 13.3 Å². The summed E-state index contributed by atoms with van der Waals surface area (Å²) in [5, 5.41) is 22.6. The lowest BCUT2D eigenvalue weighted by Crippen LogP contribution is -2.45. The molecular weight excluding hydrogens is 704 g/mol. The first kappa shape index (κ1) is 34.6. The topological polar surface area (TPSA) is 140 Å². The summed E-state index contributed by atoms with van der Waals surface area (Å²) in [5.41, 5.74) is 5.57. The number of ether oxygens (including phenoxy) is 4. The van der Waals surface area contributed by atoms with Crippen molar-refractivity contribution in [1.82, 2.24) is 16.1 Å². The second kappa shape index (κ2) is 15.9. The number of esters is 1. The number of fused-ring (bicyclic) bond motifs is 1. The fourth-order valence-electron chi connectivity index (χ4n) is 5.18. The number of halogens is 2. The van der Waals surface area contributed by atoms with Gasteiger partial charge in [-0.25, -0.2) is 9.59 Å². The average Bonchev–Trinajstić information content (AvgIpc) is 3.07. The van der Waals surface area contributed by atoms with E-state index >= 15 is 0 Å². The third-order valence-corrected chi connectivity index (χ3v) is 8.25. The van der Waals surface area contributed by atoms with Gasteiger partial charge in [-0.1, -0.05) is 60.1 Å². The number of hydrogen-bond acceptors (Lipinski definition) is 9. The van der Waals surface area contributed by atoms with E-state index in [9.17, 15) is 14.7 Å². The zero-order chi connectivity index (χ0) is 34.2. The van der Waals surface area contributed by atoms with Crippen LogP contribution in [0.25, 0.3) is 10.8 Å². The molecular formula is C35H34BrClN4O7. The molecule has 5 rings (SSSR count). The standard InChI is InChI=1S/C35H34BrClN4O7/c1-4-46-29-16-23(32-31(34(43)45-3)20(2)39-35(44)40-32)12-13-28(29)47-19-30(42)41-38-17-21-14-26(36)33(27(37)15-21)48-18-24-10-7-9-22-8-5-6-11-25(22)24/h5-17,30,32,41-42H,4,18-19H2,1-3H3,(H2,39,40,44)/b38-17-/t30-,32-/m0/s1. The second-order valence-corrected chi connectivity index (χ2v) is 11.9. The maximum absolute atomic E-state index is 12.5. The summed E-state index contributed by atoms with van der Waals surface area (Å²) in [6.45, 7) is 3.94. The van der Waals surface area contributed by atoms with Gasteiger partial charge in [-0.2, -0.15) is 5.10 Å². The van der Waals surface area contributed by atoms with E-state index in [1.807, 2.05) is 31.2 Å². The fourth-order valence-corrected chi connectivity index (χ4v) is 6.17. The van der Waals surface area contributed by atoms with Crippen LogP contribution in [0.2, 0.25) is 5.02 Å². The number of allylic oxidation sites excluding steroid dienone is 1. The molecule has 48 heavy (non-hydrogen) atoms. The van der Waals surface area contributed by atoms with Gasteiger partial charge in [0.2, 0.25) is 0 Å². The lowest BCUT2D eigenvalue weighted by Gasteiger charge is -2.28. The molecule has 1 aliphatic rings. The molecule has 0 bridgehead atoms. The summed E-state index contributed by atoms with van der Waals surface area (Å²) >= 11 is 10.1. The van der Waals surface area contributed by atoms with Gasteiger partial charge in [-0.15, -0.1) is 0 Å². The van der Waals surface area contributed by atoms with Crippen LogP contribution >= 0.6 is 27.5 Å². The van der Waals surface area contributed by atoms with Gasteiger partial charge in [0, 0.05) is 5.70 Å². The zero-order valence-electron chi connectivity index (χ0n) is 26.4. The normalized spacial score (nSPS) is 15.1. The molecule has 0 fully saturated rings. The number of aliphatic hydroxyl groups excluding tert-OH is 1. The van der Waals surface area contributed by atoms with Crippen LogP contribution in [-0.4, -0.2) is 49.9 Å². The van der Waals surface area contributed by atoms with Crippen molar-refractivity contribution in [1.29, 1.82) is 0 Å². The molecule has 0 saturated heterocycles. The number of amides is 2. The van der Waals surface area contributed by atoms with Gasteiger partial charge in [-0.05, 0) is 81.5 Å². The number of methoxy groups -OCH3 is 1. The summed E-state index contributed by atoms with van der Waals surface area (Å²) in [7, 11) is 1.27. The Morgan fingerprint density at radius 1 is 1.08 bits per heavy atom. The molecule has 0 aliphatic carbocycles. The summed E-state index contributed by atoms with van der Waals surface area (Å²) in [5.74, 6) is 0.645. The Morgan fingerprint density at radius 3 is 2.65 bits per heavy atom. The Kier molecular flexibility index (Phi) is 11.4. The minimum absolute atomic E-state index is 0.168. The number of nitrogens with one attached hydrogen (secondary N) is 3. The molecule has 0 aromatic heterocycles. The predicted molar refractivity (Wildman–Crippen MR) is 186 cm³/mol. The molecule has 4 aromatic carbocycles. The molecule has 2 atom stereocenters. The van der Waals surface area contributed by atoms with Gasteiger partial charge in [0.1, 0.15) is 13.2 Å². The van der Waals surface area contributed by atoms with Crippen molar-refractivity contribution in [3.05, 3.63) is 110 Å². The molecule has 250 valence electrons. The van der Waals surface area contributed by atoms with E-state index in [0.29, 0.717) is 56.8 Å². The summed E-state index contributed by atoms with van der Waals surface area (Å²) in [4.78, 5) is 24.7. The first-order valence-electron chi connectivity index (χ1n) is 15.0. The van der Waals surface area contributed by atoms with E-state index in [2.05, 4.69) is 55.3 Å². The first-order chi connectivity index (χ1) is 23.2. The zero-order valence-corrected chi connectivity index (χ0v) is 28.7. The fraction of sp³-hybridized carbons (Fsp3) is 0.229. The molecule has 1 aliphatic heterocycles. The van der Waals surface area contributed by atoms with Crippen molar-refractivity contribution in [2.24, 2.45) is 5.10 Å². The van der Waals surface area contributed by atoms with Crippen LogP contribution in [0.5, 0.6) is 17.2 Å². The predicted octanol–water partition coefficient (Wildman–Crippen LogP) is 6.36. The Morgan fingerprint density at radius 2 is 1.88 bits per heavy atom. The highest BCUT2D eigenvalue weighted by Gasteiger charge is 2.32. The molecule has 1 heterocycles.